The Morgan fingerprint density at radius 2 is 1.79 bits per heavy atom. The van der Waals surface area contributed by atoms with Crippen molar-refractivity contribution in [3.05, 3.63) is 29.3 Å². The molecule has 0 heterocycles. The lowest BCUT2D eigenvalue weighted by molar-refractivity contribution is 0.196. The fourth-order valence-electron chi connectivity index (χ4n) is 1.89. The molecule has 0 aliphatic carbocycles. The lowest BCUT2D eigenvalue weighted by atomic mass is 9.85. The molecule has 19 heavy (non-hydrogen) atoms. The Balaban J connectivity index is 2.54. The number of aryl methyl sites for hydroxylation is 1. The molecule has 0 amide bonds. The third-order valence-electron chi connectivity index (χ3n) is 2.96. The zero-order valence-corrected chi connectivity index (χ0v) is 12.9. The number of hydrogen-bond acceptors (Lipinski definition) is 3. The van der Waals surface area contributed by atoms with Crippen molar-refractivity contribution >= 4 is 0 Å². The third-order valence-corrected chi connectivity index (χ3v) is 2.96. The summed E-state index contributed by atoms with van der Waals surface area (Å²) in [4.78, 5) is 0. The van der Waals surface area contributed by atoms with Crippen molar-refractivity contribution in [2.75, 3.05) is 33.4 Å². The summed E-state index contributed by atoms with van der Waals surface area (Å²) < 4.78 is 10.9. The van der Waals surface area contributed by atoms with Gasteiger partial charge in [0.1, 0.15) is 12.4 Å². The molecular weight excluding hydrogens is 238 g/mol. The van der Waals surface area contributed by atoms with Gasteiger partial charge in [0.15, 0.2) is 0 Å². The highest BCUT2D eigenvalue weighted by Gasteiger charge is 2.18. The molecular formula is C16H27NO2. The van der Waals surface area contributed by atoms with E-state index in [9.17, 15) is 0 Å². The summed E-state index contributed by atoms with van der Waals surface area (Å²) in [6, 6.07) is 6.39. The average Bonchev–Trinajstić information content (AvgIpc) is 2.34. The van der Waals surface area contributed by atoms with Crippen molar-refractivity contribution in [2.24, 2.45) is 0 Å². The minimum absolute atomic E-state index is 0.102. The Morgan fingerprint density at radius 3 is 2.42 bits per heavy atom. The van der Waals surface area contributed by atoms with Gasteiger partial charge in [0.25, 0.3) is 0 Å². The summed E-state index contributed by atoms with van der Waals surface area (Å²) in [5, 5.41) is 3.28. The van der Waals surface area contributed by atoms with Crippen LogP contribution in [0.4, 0.5) is 0 Å². The molecule has 0 unspecified atom stereocenters. The highest BCUT2D eigenvalue weighted by Crippen LogP contribution is 2.31. The first kappa shape index (κ1) is 16.0. The molecule has 0 saturated heterocycles. The van der Waals surface area contributed by atoms with Gasteiger partial charge in [-0.2, -0.15) is 0 Å². The standard InChI is InChI=1S/C16H27NO2/c1-13-6-7-15(14(12-13)16(2,3)4)19-11-9-17-8-10-18-5/h6-7,12,17H,8-11H2,1-5H3. The Kier molecular flexibility index (Phi) is 6.32. The molecule has 108 valence electrons. The van der Waals surface area contributed by atoms with Crippen molar-refractivity contribution in [1.82, 2.24) is 5.32 Å². The van der Waals surface area contributed by atoms with Gasteiger partial charge in [-0.25, -0.2) is 0 Å². The quantitative estimate of drug-likeness (QED) is 0.769. The molecule has 0 aliphatic rings. The van der Waals surface area contributed by atoms with E-state index in [4.69, 9.17) is 9.47 Å². The normalized spacial score (nSPS) is 11.6. The van der Waals surface area contributed by atoms with Crippen molar-refractivity contribution in [3.8, 4) is 5.75 Å². The Labute approximate surface area is 117 Å². The summed E-state index contributed by atoms with van der Waals surface area (Å²) in [5.74, 6) is 0.992. The van der Waals surface area contributed by atoms with Crippen LogP contribution in [0.25, 0.3) is 0 Å². The van der Waals surface area contributed by atoms with Gasteiger partial charge >= 0.3 is 0 Å². The Hall–Kier alpha value is -1.06. The monoisotopic (exact) mass is 265 g/mol. The highest BCUT2D eigenvalue weighted by atomic mass is 16.5. The number of hydrogen-bond donors (Lipinski definition) is 1. The molecule has 0 atom stereocenters. The summed E-state index contributed by atoms with van der Waals surface area (Å²) >= 11 is 0. The van der Waals surface area contributed by atoms with Gasteiger partial charge in [-0.15, -0.1) is 0 Å². The molecule has 0 aromatic heterocycles. The first-order valence-corrected chi connectivity index (χ1v) is 6.88. The maximum absolute atomic E-state index is 5.90. The lowest BCUT2D eigenvalue weighted by Gasteiger charge is -2.23. The van der Waals surface area contributed by atoms with E-state index < -0.39 is 0 Å². The van der Waals surface area contributed by atoms with Crippen LogP contribution in [-0.2, 0) is 10.2 Å². The molecule has 1 rings (SSSR count). The zero-order valence-electron chi connectivity index (χ0n) is 12.9. The predicted molar refractivity (Wildman–Crippen MR) is 80.1 cm³/mol. The molecule has 1 N–H and O–H groups in total. The van der Waals surface area contributed by atoms with Gasteiger partial charge in [-0.3, -0.25) is 0 Å². The summed E-state index contributed by atoms with van der Waals surface area (Å²) in [6.45, 7) is 11.9. The molecule has 0 spiro atoms. The van der Waals surface area contributed by atoms with E-state index in [1.165, 1.54) is 11.1 Å². The van der Waals surface area contributed by atoms with Gasteiger partial charge in [-0.1, -0.05) is 38.5 Å². The number of rotatable bonds is 7. The van der Waals surface area contributed by atoms with Crippen molar-refractivity contribution in [1.29, 1.82) is 0 Å². The van der Waals surface area contributed by atoms with E-state index in [-0.39, 0.29) is 5.41 Å². The van der Waals surface area contributed by atoms with E-state index in [0.717, 1.165) is 25.4 Å². The first-order chi connectivity index (χ1) is 8.95. The molecule has 3 nitrogen and oxygen atoms in total. The zero-order chi connectivity index (χ0) is 14.3. The van der Waals surface area contributed by atoms with E-state index in [1.807, 2.05) is 0 Å². The SMILES string of the molecule is COCCNCCOc1ccc(C)cc1C(C)(C)C. The molecule has 1 aromatic rings. The van der Waals surface area contributed by atoms with Gasteiger partial charge in [0.05, 0.1) is 6.61 Å². The van der Waals surface area contributed by atoms with Crippen LogP contribution in [0.1, 0.15) is 31.9 Å². The maximum Gasteiger partial charge on any atom is 0.123 e. The maximum atomic E-state index is 5.90. The molecule has 0 saturated carbocycles. The minimum Gasteiger partial charge on any atom is -0.492 e. The fourth-order valence-corrected chi connectivity index (χ4v) is 1.89. The van der Waals surface area contributed by atoms with Crippen LogP contribution in [0.5, 0.6) is 5.75 Å². The van der Waals surface area contributed by atoms with Gasteiger partial charge in [0, 0.05) is 20.2 Å². The second-order valence-electron chi connectivity index (χ2n) is 5.84. The van der Waals surface area contributed by atoms with Gasteiger partial charge in [0.2, 0.25) is 0 Å². The van der Waals surface area contributed by atoms with E-state index >= 15 is 0 Å². The number of ether oxygens (including phenoxy) is 2. The number of methoxy groups -OCH3 is 1. The number of nitrogens with one attached hydrogen (secondary N) is 1. The van der Waals surface area contributed by atoms with Crippen molar-refractivity contribution < 1.29 is 9.47 Å². The Morgan fingerprint density at radius 1 is 1.11 bits per heavy atom. The fraction of sp³-hybridized carbons (Fsp3) is 0.625. The summed E-state index contributed by atoms with van der Waals surface area (Å²) in [7, 11) is 1.71. The van der Waals surface area contributed by atoms with Gasteiger partial charge < -0.3 is 14.8 Å². The van der Waals surface area contributed by atoms with E-state index in [0.29, 0.717) is 6.61 Å². The summed E-state index contributed by atoms with van der Waals surface area (Å²) in [5.41, 5.74) is 2.64. The minimum atomic E-state index is 0.102. The van der Waals surface area contributed by atoms with Crippen LogP contribution < -0.4 is 10.1 Å². The molecule has 1 aromatic carbocycles. The van der Waals surface area contributed by atoms with Crippen LogP contribution in [0.2, 0.25) is 0 Å². The largest absolute Gasteiger partial charge is 0.492 e. The van der Waals surface area contributed by atoms with Crippen molar-refractivity contribution in [3.63, 3.8) is 0 Å². The second-order valence-corrected chi connectivity index (χ2v) is 5.84. The predicted octanol–water partition coefficient (Wildman–Crippen LogP) is 2.91. The molecule has 0 aliphatic heterocycles. The molecule has 0 fully saturated rings. The highest BCUT2D eigenvalue weighted by molar-refractivity contribution is 5.41. The van der Waals surface area contributed by atoms with Crippen LogP contribution >= 0.6 is 0 Å². The first-order valence-electron chi connectivity index (χ1n) is 6.88. The van der Waals surface area contributed by atoms with Crippen LogP contribution in [0.15, 0.2) is 18.2 Å². The van der Waals surface area contributed by atoms with Gasteiger partial charge in [-0.05, 0) is 24.0 Å². The van der Waals surface area contributed by atoms with Crippen LogP contribution in [0, 0.1) is 6.92 Å². The molecule has 0 radical (unpaired) electrons. The topological polar surface area (TPSA) is 30.5 Å². The van der Waals surface area contributed by atoms with Crippen LogP contribution in [-0.4, -0.2) is 33.4 Å². The van der Waals surface area contributed by atoms with Crippen molar-refractivity contribution in [2.45, 2.75) is 33.1 Å². The second kappa shape index (κ2) is 7.51. The number of benzene rings is 1. The lowest BCUT2D eigenvalue weighted by Crippen LogP contribution is -2.25. The van der Waals surface area contributed by atoms with E-state index in [1.54, 1.807) is 7.11 Å². The molecule has 3 heteroatoms. The van der Waals surface area contributed by atoms with Crippen LogP contribution in [0.3, 0.4) is 0 Å². The average molecular weight is 265 g/mol. The van der Waals surface area contributed by atoms with E-state index in [2.05, 4.69) is 51.2 Å². The summed E-state index contributed by atoms with van der Waals surface area (Å²) in [6.07, 6.45) is 0. The smallest absolute Gasteiger partial charge is 0.123 e. The Bertz CT molecular complexity index is 383. The molecule has 0 bridgehead atoms. The third kappa shape index (κ3) is 5.62.